The lowest BCUT2D eigenvalue weighted by Crippen LogP contribution is -2.41. The van der Waals surface area contributed by atoms with Crippen LogP contribution >= 0.6 is 0 Å². The van der Waals surface area contributed by atoms with Crippen LogP contribution in [0.5, 0.6) is 0 Å². The molecular formula is C13H16F3N3O2. The lowest BCUT2D eigenvalue weighted by Gasteiger charge is -2.19. The van der Waals surface area contributed by atoms with Gasteiger partial charge in [-0.05, 0) is 24.3 Å². The largest absolute Gasteiger partial charge is 0.471 e. The number of hydrogen-bond acceptors (Lipinski definition) is 3. The van der Waals surface area contributed by atoms with Crippen LogP contribution in [-0.2, 0) is 4.79 Å². The van der Waals surface area contributed by atoms with Crippen molar-refractivity contribution in [3.05, 3.63) is 29.8 Å². The van der Waals surface area contributed by atoms with Gasteiger partial charge in [-0.2, -0.15) is 13.2 Å². The van der Waals surface area contributed by atoms with E-state index in [1.54, 1.807) is 10.3 Å². The highest BCUT2D eigenvalue weighted by molar-refractivity contribution is 5.97. The summed E-state index contributed by atoms with van der Waals surface area (Å²) in [5, 5.41) is 3.39. The molecule has 2 N–H and O–H groups in total. The Bertz CT molecular complexity index is 496. The highest BCUT2D eigenvalue weighted by atomic mass is 19.4. The third-order valence-electron chi connectivity index (χ3n) is 2.69. The SMILES string of the molecule is CCN(CC)NC(=O)c1ccc(NC(=O)C(F)(F)F)cc1. The maximum atomic E-state index is 12.1. The summed E-state index contributed by atoms with van der Waals surface area (Å²) in [6.07, 6.45) is -4.95. The molecule has 0 aliphatic heterocycles. The summed E-state index contributed by atoms with van der Waals surface area (Å²) in [4.78, 5) is 22.6. The van der Waals surface area contributed by atoms with Crippen LogP contribution in [0.1, 0.15) is 24.2 Å². The minimum absolute atomic E-state index is 0.0308. The number of amides is 2. The van der Waals surface area contributed by atoms with Crippen molar-refractivity contribution in [3.8, 4) is 0 Å². The zero-order valence-electron chi connectivity index (χ0n) is 11.6. The highest BCUT2D eigenvalue weighted by Gasteiger charge is 2.38. The summed E-state index contributed by atoms with van der Waals surface area (Å²) in [6, 6.07) is 5.15. The molecule has 0 spiro atoms. The Hall–Kier alpha value is -2.09. The van der Waals surface area contributed by atoms with Crippen molar-refractivity contribution in [2.75, 3.05) is 18.4 Å². The minimum atomic E-state index is -4.95. The molecule has 1 rings (SSSR count). The Morgan fingerprint density at radius 3 is 2.05 bits per heavy atom. The summed E-state index contributed by atoms with van der Waals surface area (Å²) >= 11 is 0. The average Bonchev–Trinajstić information content (AvgIpc) is 2.44. The second kappa shape index (κ2) is 7.07. The second-order valence-corrected chi connectivity index (χ2v) is 4.14. The molecule has 0 atom stereocenters. The van der Waals surface area contributed by atoms with E-state index in [1.165, 1.54) is 24.3 Å². The number of nitrogens with one attached hydrogen (secondary N) is 2. The molecule has 5 nitrogen and oxygen atoms in total. The molecule has 21 heavy (non-hydrogen) atoms. The molecule has 0 aromatic heterocycles. The zero-order chi connectivity index (χ0) is 16.0. The third kappa shape index (κ3) is 5.07. The Kier molecular flexibility index (Phi) is 5.71. The number of halogens is 3. The van der Waals surface area contributed by atoms with E-state index in [9.17, 15) is 22.8 Å². The van der Waals surface area contributed by atoms with Crippen molar-refractivity contribution in [2.24, 2.45) is 0 Å². The number of hydrazine groups is 1. The fraction of sp³-hybridized carbons (Fsp3) is 0.385. The normalized spacial score (nSPS) is 11.3. The number of nitrogens with zero attached hydrogens (tertiary/aromatic N) is 1. The molecule has 1 aromatic rings. The van der Waals surface area contributed by atoms with Crippen molar-refractivity contribution >= 4 is 17.5 Å². The molecule has 116 valence electrons. The Morgan fingerprint density at radius 1 is 1.10 bits per heavy atom. The van der Waals surface area contributed by atoms with Crippen LogP contribution < -0.4 is 10.7 Å². The predicted molar refractivity (Wildman–Crippen MR) is 71.5 cm³/mol. The van der Waals surface area contributed by atoms with Crippen LogP contribution in [0.2, 0.25) is 0 Å². The van der Waals surface area contributed by atoms with Crippen LogP contribution in [0.15, 0.2) is 24.3 Å². The van der Waals surface area contributed by atoms with Gasteiger partial charge in [-0.15, -0.1) is 0 Å². The monoisotopic (exact) mass is 303 g/mol. The van der Waals surface area contributed by atoms with Crippen LogP contribution in [0.4, 0.5) is 18.9 Å². The number of rotatable bonds is 5. The molecule has 1 aromatic carbocycles. The van der Waals surface area contributed by atoms with Crippen molar-refractivity contribution in [1.82, 2.24) is 10.4 Å². The summed E-state index contributed by atoms with van der Waals surface area (Å²) in [6.45, 7) is 5.00. The van der Waals surface area contributed by atoms with E-state index in [1.807, 2.05) is 13.8 Å². The Morgan fingerprint density at radius 2 is 1.62 bits per heavy atom. The van der Waals surface area contributed by atoms with E-state index in [0.29, 0.717) is 13.1 Å². The molecule has 0 saturated carbocycles. The summed E-state index contributed by atoms with van der Waals surface area (Å²) in [5.41, 5.74) is 2.90. The Labute approximate surface area is 120 Å². The number of anilines is 1. The molecule has 8 heteroatoms. The predicted octanol–water partition coefficient (Wildman–Crippen LogP) is 2.17. The first-order valence-corrected chi connectivity index (χ1v) is 6.32. The van der Waals surface area contributed by atoms with Gasteiger partial charge in [0.05, 0.1) is 0 Å². The average molecular weight is 303 g/mol. The molecule has 0 unspecified atom stereocenters. The molecular weight excluding hydrogens is 287 g/mol. The Balaban J connectivity index is 2.70. The van der Waals surface area contributed by atoms with Crippen LogP contribution in [-0.4, -0.2) is 36.1 Å². The van der Waals surface area contributed by atoms with Crippen molar-refractivity contribution in [3.63, 3.8) is 0 Å². The van der Waals surface area contributed by atoms with E-state index in [-0.39, 0.29) is 17.2 Å². The quantitative estimate of drug-likeness (QED) is 0.820. The minimum Gasteiger partial charge on any atom is -0.318 e. The van der Waals surface area contributed by atoms with Crippen LogP contribution in [0.3, 0.4) is 0 Å². The van der Waals surface area contributed by atoms with Gasteiger partial charge in [0.15, 0.2) is 0 Å². The molecule has 0 aliphatic carbocycles. The van der Waals surface area contributed by atoms with E-state index in [4.69, 9.17) is 0 Å². The van der Waals surface area contributed by atoms with Gasteiger partial charge in [0.2, 0.25) is 0 Å². The fourth-order valence-electron chi connectivity index (χ4n) is 1.50. The zero-order valence-corrected chi connectivity index (χ0v) is 11.6. The van der Waals surface area contributed by atoms with Gasteiger partial charge in [-0.3, -0.25) is 15.0 Å². The first-order valence-electron chi connectivity index (χ1n) is 6.32. The van der Waals surface area contributed by atoms with E-state index < -0.39 is 12.1 Å². The van der Waals surface area contributed by atoms with Crippen LogP contribution in [0.25, 0.3) is 0 Å². The molecule has 0 heterocycles. The highest BCUT2D eigenvalue weighted by Crippen LogP contribution is 2.18. The molecule has 0 aliphatic rings. The van der Waals surface area contributed by atoms with Gasteiger partial charge in [-0.1, -0.05) is 13.8 Å². The van der Waals surface area contributed by atoms with E-state index >= 15 is 0 Å². The topological polar surface area (TPSA) is 61.4 Å². The van der Waals surface area contributed by atoms with E-state index in [2.05, 4.69) is 5.43 Å². The van der Waals surface area contributed by atoms with Gasteiger partial charge in [0.1, 0.15) is 0 Å². The molecule has 0 fully saturated rings. The van der Waals surface area contributed by atoms with Crippen molar-refractivity contribution in [1.29, 1.82) is 0 Å². The number of carbonyl (C=O) groups excluding carboxylic acids is 2. The maximum absolute atomic E-state index is 12.1. The lowest BCUT2D eigenvalue weighted by molar-refractivity contribution is -0.167. The molecule has 2 amide bonds. The first-order chi connectivity index (χ1) is 9.77. The maximum Gasteiger partial charge on any atom is 0.471 e. The van der Waals surface area contributed by atoms with Gasteiger partial charge in [0, 0.05) is 24.3 Å². The lowest BCUT2D eigenvalue weighted by atomic mass is 10.2. The third-order valence-corrected chi connectivity index (χ3v) is 2.69. The van der Waals surface area contributed by atoms with Crippen molar-refractivity contribution in [2.45, 2.75) is 20.0 Å². The number of alkyl halides is 3. The first kappa shape index (κ1) is 17.0. The molecule has 0 saturated heterocycles. The van der Waals surface area contributed by atoms with Gasteiger partial charge < -0.3 is 5.32 Å². The van der Waals surface area contributed by atoms with Gasteiger partial charge in [-0.25, -0.2) is 5.01 Å². The molecule has 0 radical (unpaired) electrons. The van der Waals surface area contributed by atoms with Crippen LogP contribution in [0, 0.1) is 0 Å². The summed E-state index contributed by atoms with van der Waals surface area (Å²) in [5.74, 6) is -2.42. The van der Waals surface area contributed by atoms with Gasteiger partial charge >= 0.3 is 12.1 Å². The molecule has 0 bridgehead atoms. The standard InChI is InChI=1S/C13H16F3N3O2/c1-3-19(4-2)18-11(20)9-5-7-10(8-6-9)17-12(21)13(14,15)16/h5-8H,3-4H2,1-2H3,(H,17,21)(H,18,20). The number of hydrogen-bond donors (Lipinski definition) is 2. The number of benzene rings is 1. The summed E-state index contributed by atoms with van der Waals surface area (Å²) in [7, 11) is 0. The smallest absolute Gasteiger partial charge is 0.318 e. The summed E-state index contributed by atoms with van der Waals surface area (Å²) < 4.78 is 36.2. The number of carbonyl (C=O) groups is 2. The fourth-order valence-corrected chi connectivity index (χ4v) is 1.50. The second-order valence-electron chi connectivity index (χ2n) is 4.14. The van der Waals surface area contributed by atoms with E-state index in [0.717, 1.165) is 0 Å². The van der Waals surface area contributed by atoms with Gasteiger partial charge in [0.25, 0.3) is 5.91 Å². The van der Waals surface area contributed by atoms with Crippen molar-refractivity contribution < 1.29 is 22.8 Å².